The Morgan fingerprint density at radius 3 is 2.57 bits per heavy atom. The van der Waals surface area contributed by atoms with Crippen LogP contribution in [0.2, 0.25) is 0 Å². The first-order valence-corrected chi connectivity index (χ1v) is 8.13. The third kappa shape index (κ3) is 4.27. The predicted octanol–water partition coefficient (Wildman–Crippen LogP) is 1.23. The molecule has 21 heavy (non-hydrogen) atoms. The van der Waals surface area contributed by atoms with E-state index in [4.69, 9.17) is 9.15 Å². The minimum absolute atomic E-state index is 0.0495. The molecule has 0 saturated heterocycles. The molecule has 0 spiro atoms. The highest BCUT2D eigenvalue weighted by Crippen LogP contribution is 2.21. The number of hydrogen-bond acceptors (Lipinski definition) is 6. The van der Waals surface area contributed by atoms with Crippen LogP contribution in [-0.4, -0.2) is 38.0 Å². The van der Waals surface area contributed by atoms with Crippen LogP contribution < -0.4 is 9.46 Å². The molecule has 0 amide bonds. The predicted molar refractivity (Wildman–Crippen MR) is 77.5 cm³/mol. The van der Waals surface area contributed by atoms with Gasteiger partial charge >= 0.3 is 0 Å². The third-order valence-corrected chi connectivity index (χ3v) is 4.25. The second-order valence-corrected chi connectivity index (χ2v) is 6.37. The van der Waals surface area contributed by atoms with Crippen LogP contribution in [0.5, 0.6) is 5.75 Å². The van der Waals surface area contributed by atoms with Gasteiger partial charge in [-0.3, -0.25) is 0 Å². The maximum Gasteiger partial charge on any atom is 0.247 e. The van der Waals surface area contributed by atoms with Crippen LogP contribution >= 0.6 is 0 Å². The summed E-state index contributed by atoms with van der Waals surface area (Å²) in [5.41, 5.74) is 0.781. The summed E-state index contributed by atoms with van der Waals surface area (Å²) in [5.74, 6) is 1.58. The van der Waals surface area contributed by atoms with Crippen molar-refractivity contribution in [3.8, 4) is 17.2 Å². The van der Waals surface area contributed by atoms with Crippen LogP contribution in [-0.2, 0) is 16.4 Å². The Balaban J connectivity index is 1.97. The molecule has 0 aliphatic rings. The van der Waals surface area contributed by atoms with Gasteiger partial charge in [-0.05, 0) is 31.2 Å². The molecule has 2 aromatic rings. The van der Waals surface area contributed by atoms with Crippen molar-refractivity contribution >= 4 is 10.0 Å². The van der Waals surface area contributed by atoms with Gasteiger partial charge in [0.2, 0.25) is 21.8 Å². The number of hydrogen-bond donors (Lipinski definition) is 1. The third-order valence-electron chi connectivity index (χ3n) is 2.84. The van der Waals surface area contributed by atoms with Crippen molar-refractivity contribution in [2.45, 2.75) is 13.3 Å². The van der Waals surface area contributed by atoms with Crippen LogP contribution in [0.25, 0.3) is 11.5 Å². The molecule has 0 fully saturated rings. The molecule has 2 rings (SSSR count). The van der Waals surface area contributed by atoms with Gasteiger partial charge < -0.3 is 9.15 Å². The molecule has 1 aromatic heterocycles. The van der Waals surface area contributed by atoms with E-state index < -0.39 is 10.0 Å². The summed E-state index contributed by atoms with van der Waals surface area (Å²) in [7, 11) is -1.60. The maximum atomic E-state index is 11.3. The normalized spacial score (nSPS) is 11.5. The van der Waals surface area contributed by atoms with E-state index in [0.29, 0.717) is 18.2 Å². The lowest BCUT2D eigenvalue weighted by Crippen LogP contribution is -2.27. The number of aromatic nitrogens is 2. The van der Waals surface area contributed by atoms with Crippen molar-refractivity contribution in [1.82, 2.24) is 14.9 Å². The molecule has 114 valence electrons. The van der Waals surface area contributed by atoms with E-state index >= 15 is 0 Å². The van der Waals surface area contributed by atoms with E-state index in [-0.39, 0.29) is 12.3 Å². The first-order chi connectivity index (χ1) is 10.0. The Morgan fingerprint density at radius 1 is 1.24 bits per heavy atom. The highest BCUT2D eigenvalue weighted by Gasteiger charge is 2.10. The zero-order valence-electron chi connectivity index (χ0n) is 11.9. The summed E-state index contributed by atoms with van der Waals surface area (Å²) in [4.78, 5) is 0. The Morgan fingerprint density at radius 2 is 1.95 bits per heavy atom. The van der Waals surface area contributed by atoms with E-state index in [0.717, 1.165) is 11.3 Å². The van der Waals surface area contributed by atoms with Gasteiger partial charge in [0.1, 0.15) is 5.75 Å². The lowest BCUT2D eigenvalue weighted by Gasteiger charge is -2.01. The Kier molecular flexibility index (Phi) is 4.92. The van der Waals surface area contributed by atoms with Crippen molar-refractivity contribution in [3.05, 3.63) is 30.2 Å². The highest BCUT2D eigenvalue weighted by atomic mass is 32.2. The SMILES string of the molecule is CCS(=O)(=O)NCCc1nnc(-c2ccc(OC)cc2)o1. The zero-order chi connectivity index (χ0) is 15.3. The van der Waals surface area contributed by atoms with Crippen LogP contribution in [0, 0.1) is 0 Å². The molecule has 1 N–H and O–H groups in total. The molecule has 0 aliphatic carbocycles. The minimum Gasteiger partial charge on any atom is -0.497 e. The van der Waals surface area contributed by atoms with Gasteiger partial charge in [0.25, 0.3) is 0 Å². The topological polar surface area (TPSA) is 94.3 Å². The smallest absolute Gasteiger partial charge is 0.247 e. The number of rotatable bonds is 7. The average Bonchev–Trinajstić information content (AvgIpc) is 2.96. The summed E-state index contributed by atoms with van der Waals surface area (Å²) in [6.45, 7) is 1.82. The fraction of sp³-hybridized carbons (Fsp3) is 0.385. The van der Waals surface area contributed by atoms with Gasteiger partial charge in [0.05, 0.1) is 12.9 Å². The van der Waals surface area contributed by atoms with Crippen LogP contribution in [0.15, 0.2) is 28.7 Å². The highest BCUT2D eigenvalue weighted by molar-refractivity contribution is 7.89. The van der Waals surface area contributed by atoms with Crippen molar-refractivity contribution in [2.24, 2.45) is 0 Å². The first kappa shape index (κ1) is 15.5. The maximum absolute atomic E-state index is 11.3. The van der Waals surface area contributed by atoms with E-state index in [9.17, 15) is 8.42 Å². The lowest BCUT2D eigenvalue weighted by atomic mass is 10.2. The fourth-order valence-corrected chi connectivity index (χ4v) is 2.24. The average molecular weight is 311 g/mol. The molecule has 1 aromatic carbocycles. The number of sulfonamides is 1. The fourth-order valence-electron chi connectivity index (χ4n) is 1.62. The largest absolute Gasteiger partial charge is 0.497 e. The van der Waals surface area contributed by atoms with E-state index in [1.54, 1.807) is 26.2 Å². The van der Waals surface area contributed by atoms with Gasteiger partial charge in [0.15, 0.2) is 0 Å². The van der Waals surface area contributed by atoms with Crippen molar-refractivity contribution in [1.29, 1.82) is 0 Å². The molecular weight excluding hydrogens is 294 g/mol. The number of ether oxygens (including phenoxy) is 1. The molecule has 7 nitrogen and oxygen atoms in total. The molecular formula is C13H17N3O4S. The van der Waals surface area contributed by atoms with Crippen molar-refractivity contribution < 1.29 is 17.6 Å². The van der Waals surface area contributed by atoms with Crippen LogP contribution in [0.4, 0.5) is 0 Å². The minimum atomic E-state index is -3.20. The number of methoxy groups -OCH3 is 1. The molecule has 0 radical (unpaired) electrons. The number of nitrogens with one attached hydrogen (secondary N) is 1. The molecule has 0 unspecified atom stereocenters. The van der Waals surface area contributed by atoms with Crippen molar-refractivity contribution in [3.63, 3.8) is 0 Å². The molecule has 1 heterocycles. The monoisotopic (exact) mass is 311 g/mol. The summed E-state index contributed by atoms with van der Waals surface area (Å²) >= 11 is 0. The Bertz CT molecular complexity index is 680. The van der Waals surface area contributed by atoms with Gasteiger partial charge in [0, 0.05) is 18.5 Å². The standard InChI is InChI=1S/C13H17N3O4S/c1-3-21(17,18)14-9-8-12-15-16-13(20-12)10-4-6-11(19-2)7-5-10/h4-7,14H,3,8-9H2,1-2H3. The van der Waals surface area contributed by atoms with E-state index in [1.165, 1.54) is 0 Å². The van der Waals surface area contributed by atoms with Gasteiger partial charge in [-0.1, -0.05) is 0 Å². The van der Waals surface area contributed by atoms with Gasteiger partial charge in [-0.15, -0.1) is 10.2 Å². The summed E-state index contributed by atoms with van der Waals surface area (Å²) in [6.07, 6.45) is 0.350. The zero-order valence-corrected chi connectivity index (χ0v) is 12.7. The quantitative estimate of drug-likeness (QED) is 0.826. The summed E-state index contributed by atoms with van der Waals surface area (Å²) in [5, 5.41) is 7.84. The summed E-state index contributed by atoms with van der Waals surface area (Å²) in [6, 6.07) is 7.23. The molecule has 0 atom stereocenters. The molecule has 0 saturated carbocycles. The van der Waals surface area contributed by atoms with Gasteiger partial charge in [-0.25, -0.2) is 13.1 Å². The summed E-state index contributed by atoms with van der Waals surface area (Å²) < 4.78 is 35.6. The van der Waals surface area contributed by atoms with Crippen LogP contribution in [0.1, 0.15) is 12.8 Å². The molecule has 8 heteroatoms. The first-order valence-electron chi connectivity index (χ1n) is 6.48. The van der Waals surface area contributed by atoms with Crippen molar-refractivity contribution in [2.75, 3.05) is 19.4 Å². The molecule has 0 bridgehead atoms. The second-order valence-electron chi connectivity index (χ2n) is 4.28. The number of nitrogens with zero attached hydrogens (tertiary/aromatic N) is 2. The Hall–Kier alpha value is -1.93. The Labute approximate surface area is 123 Å². The van der Waals surface area contributed by atoms with E-state index in [1.807, 2.05) is 12.1 Å². The second kappa shape index (κ2) is 6.68. The number of benzene rings is 1. The van der Waals surface area contributed by atoms with E-state index in [2.05, 4.69) is 14.9 Å². The molecule has 0 aliphatic heterocycles. The van der Waals surface area contributed by atoms with Crippen LogP contribution in [0.3, 0.4) is 0 Å². The lowest BCUT2D eigenvalue weighted by molar-refractivity contribution is 0.415. The van der Waals surface area contributed by atoms with Gasteiger partial charge in [-0.2, -0.15) is 0 Å².